The summed E-state index contributed by atoms with van der Waals surface area (Å²) in [6, 6.07) is 0. The molecule has 0 aromatic heterocycles. The van der Waals surface area contributed by atoms with Gasteiger partial charge in [-0.25, -0.2) is 0 Å². The van der Waals surface area contributed by atoms with E-state index < -0.39 is 18.1 Å². The maximum absolute atomic E-state index is 12.7. The molecular weight excluding hydrogens is 269 g/mol. The van der Waals surface area contributed by atoms with Gasteiger partial charge in [0.15, 0.2) is 0 Å². The predicted molar refractivity (Wildman–Crippen MR) is 72.4 cm³/mol. The molecule has 1 N–H and O–H groups in total. The van der Waals surface area contributed by atoms with E-state index in [-0.39, 0.29) is 12.5 Å². The molecule has 1 amide bonds. The van der Waals surface area contributed by atoms with E-state index in [9.17, 15) is 18.0 Å². The van der Waals surface area contributed by atoms with Gasteiger partial charge in [0.05, 0.1) is 5.41 Å². The molecule has 0 bridgehead atoms. The molecule has 6 heteroatoms. The van der Waals surface area contributed by atoms with E-state index in [1.54, 1.807) is 0 Å². The molecule has 20 heavy (non-hydrogen) atoms. The van der Waals surface area contributed by atoms with Gasteiger partial charge in [-0.3, -0.25) is 4.79 Å². The average Bonchev–Trinajstić information content (AvgIpc) is 2.42. The van der Waals surface area contributed by atoms with Crippen LogP contribution in [0.1, 0.15) is 46.0 Å². The molecule has 1 saturated heterocycles. The number of hydrogen-bond acceptors (Lipinski definition) is 2. The molecule has 0 saturated carbocycles. The number of nitrogens with zero attached hydrogens (tertiary/aromatic N) is 1. The third kappa shape index (κ3) is 4.65. The summed E-state index contributed by atoms with van der Waals surface area (Å²) >= 11 is 0. The van der Waals surface area contributed by atoms with Crippen LogP contribution >= 0.6 is 0 Å². The molecule has 1 heterocycles. The summed E-state index contributed by atoms with van der Waals surface area (Å²) in [5, 5.41) is 3.17. The van der Waals surface area contributed by atoms with Crippen molar-refractivity contribution in [2.24, 2.45) is 5.41 Å². The van der Waals surface area contributed by atoms with Gasteiger partial charge in [0.1, 0.15) is 6.54 Å². The number of rotatable bonds is 6. The molecule has 0 atom stereocenters. The molecule has 0 aromatic carbocycles. The molecule has 1 fully saturated rings. The van der Waals surface area contributed by atoms with Gasteiger partial charge in [0.25, 0.3) is 0 Å². The standard InChI is InChI=1S/C14H25F3N2O/c1-3-5-10-19(11-14(15,16)17)12(20)13(4-2)6-8-18-9-7-13/h18H,3-11H2,1-2H3. The lowest BCUT2D eigenvalue weighted by Crippen LogP contribution is -2.51. The number of nitrogens with one attached hydrogen (secondary N) is 1. The maximum Gasteiger partial charge on any atom is 0.406 e. The van der Waals surface area contributed by atoms with Crippen LogP contribution in [0.4, 0.5) is 13.2 Å². The fourth-order valence-electron chi connectivity index (χ4n) is 2.78. The lowest BCUT2D eigenvalue weighted by atomic mass is 9.75. The molecule has 0 aliphatic carbocycles. The molecule has 0 spiro atoms. The Bertz CT molecular complexity index is 312. The second-order valence-electron chi connectivity index (χ2n) is 5.58. The largest absolute Gasteiger partial charge is 0.406 e. The quantitative estimate of drug-likeness (QED) is 0.817. The van der Waals surface area contributed by atoms with E-state index in [4.69, 9.17) is 0 Å². The highest BCUT2D eigenvalue weighted by atomic mass is 19.4. The van der Waals surface area contributed by atoms with Crippen LogP contribution in [-0.4, -0.2) is 43.2 Å². The SMILES string of the molecule is CCCCN(CC(F)(F)F)C(=O)C1(CC)CCNCC1. The number of carbonyl (C=O) groups excluding carboxylic acids is 1. The molecule has 118 valence electrons. The van der Waals surface area contributed by atoms with E-state index in [1.807, 2.05) is 13.8 Å². The smallest absolute Gasteiger partial charge is 0.333 e. The summed E-state index contributed by atoms with van der Waals surface area (Å²) in [7, 11) is 0. The second kappa shape index (κ2) is 7.29. The minimum Gasteiger partial charge on any atom is -0.333 e. The zero-order valence-corrected chi connectivity index (χ0v) is 12.4. The van der Waals surface area contributed by atoms with Crippen molar-refractivity contribution in [2.45, 2.75) is 52.1 Å². The first-order chi connectivity index (χ1) is 9.34. The van der Waals surface area contributed by atoms with Gasteiger partial charge in [0, 0.05) is 6.54 Å². The third-order valence-electron chi connectivity index (χ3n) is 4.13. The zero-order valence-electron chi connectivity index (χ0n) is 12.4. The van der Waals surface area contributed by atoms with Crippen LogP contribution in [0, 0.1) is 5.41 Å². The Morgan fingerprint density at radius 1 is 1.25 bits per heavy atom. The van der Waals surface area contributed by atoms with Crippen molar-refractivity contribution in [3.63, 3.8) is 0 Å². The summed E-state index contributed by atoms with van der Waals surface area (Å²) in [5.41, 5.74) is -0.607. The van der Waals surface area contributed by atoms with Crippen molar-refractivity contribution >= 4 is 5.91 Å². The number of halogens is 3. The highest BCUT2D eigenvalue weighted by molar-refractivity contribution is 5.83. The average molecular weight is 294 g/mol. The van der Waals surface area contributed by atoms with E-state index in [0.29, 0.717) is 38.8 Å². The summed E-state index contributed by atoms with van der Waals surface area (Å²) < 4.78 is 38.0. The molecule has 3 nitrogen and oxygen atoms in total. The summed E-state index contributed by atoms with van der Waals surface area (Å²) in [4.78, 5) is 13.7. The van der Waals surface area contributed by atoms with Crippen LogP contribution in [-0.2, 0) is 4.79 Å². The van der Waals surface area contributed by atoms with E-state index in [1.165, 1.54) is 0 Å². The van der Waals surface area contributed by atoms with Gasteiger partial charge >= 0.3 is 6.18 Å². The van der Waals surface area contributed by atoms with E-state index in [0.717, 1.165) is 11.3 Å². The van der Waals surface area contributed by atoms with Crippen LogP contribution in [0.5, 0.6) is 0 Å². The van der Waals surface area contributed by atoms with E-state index in [2.05, 4.69) is 5.32 Å². The van der Waals surface area contributed by atoms with Crippen LogP contribution in [0.2, 0.25) is 0 Å². The molecule has 0 unspecified atom stereocenters. The molecular formula is C14H25F3N2O. The molecule has 0 radical (unpaired) electrons. The molecule has 1 aliphatic rings. The Labute approximate surface area is 118 Å². The lowest BCUT2D eigenvalue weighted by Gasteiger charge is -2.39. The Balaban J connectivity index is 2.83. The monoisotopic (exact) mass is 294 g/mol. The van der Waals surface area contributed by atoms with Gasteiger partial charge in [0.2, 0.25) is 5.91 Å². The number of unbranched alkanes of at least 4 members (excludes halogenated alkanes) is 1. The maximum atomic E-state index is 12.7. The van der Waals surface area contributed by atoms with Gasteiger partial charge < -0.3 is 10.2 Å². The first kappa shape index (κ1) is 17.3. The minimum absolute atomic E-state index is 0.198. The van der Waals surface area contributed by atoms with Crippen molar-refractivity contribution in [3.05, 3.63) is 0 Å². The first-order valence-corrected chi connectivity index (χ1v) is 7.41. The van der Waals surface area contributed by atoms with Crippen LogP contribution in [0.15, 0.2) is 0 Å². The fraction of sp³-hybridized carbons (Fsp3) is 0.929. The van der Waals surface area contributed by atoms with Crippen molar-refractivity contribution < 1.29 is 18.0 Å². The minimum atomic E-state index is -4.33. The van der Waals surface area contributed by atoms with Crippen LogP contribution in [0.25, 0.3) is 0 Å². The van der Waals surface area contributed by atoms with Crippen LogP contribution < -0.4 is 5.32 Å². The highest BCUT2D eigenvalue weighted by Gasteiger charge is 2.43. The van der Waals surface area contributed by atoms with Crippen LogP contribution in [0.3, 0.4) is 0 Å². The molecule has 1 aliphatic heterocycles. The number of piperidine rings is 1. The van der Waals surface area contributed by atoms with Gasteiger partial charge in [-0.2, -0.15) is 13.2 Å². The fourth-order valence-corrected chi connectivity index (χ4v) is 2.78. The number of carbonyl (C=O) groups is 1. The Hall–Kier alpha value is -0.780. The predicted octanol–water partition coefficient (Wildman–Crippen LogP) is 2.96. The van der Waals surface area contributed by atoms with Crippen molar-refractivity contribution in [3.8, 4) is 0 Å². The number of alkyl halides is 3. The van der Waals surface area contributed by atoms with Crippen molar-refractivity contribution in [1.82, 2.24) is 10.2 Å². The highest BCUT2D eigenvalue weighted by Crippen LogP contribution is 2.35. The second-order valence-corrected chi connectivity index (χ2v) is 5.58. The van der Waals surface area contributed by atoms with Gasteiger partial charge in [-0.05, 0) is 38.8 Å². The topological polar surface area (TPSA) is 32.3 Å². The third-order valence-corrected chi connectivity index (χ3v) is 4.13. The number of amides is 1. The normalized spacial score (nSPS) is 18.9. The number of hydrogen-bond donors (Lipinski definition) is 1. The summed E-state index contributed by atoms with van der Waals surface area (Å²) in [5.74, 6) is -0.313. The van der Waals surface area contributed by atoms with Gasteiger partial charge in [-0.1, -0.05) is 20.3 Å². The first-order valence-electron chi connectivity index (χ1n) is 7.41. The lowest BCUT2D eigenvalue weighted by molar-refractivity contribution is -0.169. The summed E-state index contributed by atoms with van der Waals surface area (Å²) in [6.07, 6.45) is -1.08. The van der Waals surface area contributed by atoms with E-state index >= 15 is 0 Å². The Morgan fingerprint density at radius 2 is 1.85 bits per heavy atom. The summed E-state index contributed by atoms with van der Waals surface area (Å²) in [6.45, 7) is 4.29. The van der Waals surface area contributed by atoms with Crippen molar-refractivity contribution in [1.29, 1.82) is 0 Å². The Morgan fingerprint density at radius 3 is 2.30 bits per heavy atom. The zero-order chi connectivity index (χ0) is 15.2. The molecule has 1 rings (SSSR count). The van der Waals surface area contributed by atoms with Gasteiger partial charge in [-0.15, -0.1) is 0 Å². The van der Waals surface area contributed by atoms with Crippen molar-refractivity contribution in [2.75, 3.05) is 26.2 Å². The Kier molecular flexibility index (Phi) is 6.30. The molecule has 0 aromatic rings.